The van der Waals surface area contributed by atoms with Gasteiger partial charge in [0.1, 0.15) is 11.2 Å². The van der Waals surface area contributed by atoms with E-state index >= 15 is 0 Å². The summed E-state index contributed by atoms with van der Waals surface area (Å²) in [4.78, 5) is 10.9. The summed E-state index contributed by atoms with van der Waals surface area (Å²) in [5.74, 6) is 0.671. The van der Waals surface area contributed by atoms with Crippen molar-refractivity contribution in [1.29, 1.82) is 0 Å². The van der Waals surface area contributed by atoms with Crippen molar-refractivity contribution in [2.24, 2.45) is 0 Å². The van der Waals surface area contributed by atoms with Crippen LogP contribution in [-0.4, -0.2) is 9.97 Å². The average molecular weight is 841 g/mol. The molecular formula is C63H40N2O. The Hall–Kier alpha value is -8.66. The second kappa shape index (κ2) is 15.3. The molecule has 0 amide bonds. The molecule has 10 aromatic carbocycles. The first-order valence-electron chi connectivity index (χ1n) is 22.6. The van der Waals surface area contributed by atoms with E-state index in [0.29, 0.717) is 5.82 Å². The molecule has 1 aliphatic carbocycles. The van der Waals surface area contributed by atoms with E-state index in [1.165, 1.54) is 44.2 Å². The second-order valence-electron chi connectivity index (χ2n) is 17.2. The highest BCUT2D eigenvalue weighted by atomic mass is 16.3. The minimum absolute atomic E-state index is 0.536. The lowest BCUT2D eigenvalue weighted by molar-refractivity contribution is 0.669. The van der Waals surface area contributed by atoms with E-state index in [1.807, 2.05) is 18.2 Å². The minimum atomic E-state index is -0.536. The van der Waals surface area contributed by atoms with Crippen molar-refractivity contribution in [2.75, 3.05) is 0 Å². The van der Waals surface area contributed by atoms with Crippen LogP contribution < -0.4 is 0 Å². The summed E-state index contributed by atoms with van der Waals surface area (Å²) in [5.41, 5.74) is 17.7. The fourth-order valence-corrected chi connectivity index (χ4v) is 10.6. The zero-order chi connectivity index (χ0) is 43.6. The molecule has 3 nitrogen and oxygen atoms in total. The molecule has 1 aliphatic rings. The molecule has 0 saturated heterocycles. The number of fused-ring (bicyclic) bond motifs is 7. The lowest BCUT2D eigenvalue weighted by atomic mass is 9.67. The lowest BCUT2D eigenvalue weighted by Crippen LogP contribution is -2.28. The first kappa shape index (κ1) is 37.9. The molecule has 0 radical (unpaired) electrons. The van der Waals surface area contributed by atoms with Gasteiger partial charge >= 0.3 is 0 Å². The molecule has 0 spiro atoms. The number of rotatable bonds is 7. The van der Waals surface area contributed by atoms with E-state index in [2.05, 4.69) is 224 Å². The van der Waals surface area contributed by atoms with Crippen molar-refractivity contribution in [3.8, 4) is 67.3 Å². The summed E-state index contributed by atoms with van der Waals surface area (Å²) >= 11 is 0. The third-order valence-corrected chi connectivity index (χ3v) is 13.6. The van der Waals surface area contributed by atoms with Gasteiger partial charge in [-0.2, -0.15) is 0 Å². The van der Waals surface area contributed by atoms with Crippen LogP contribution in [0.25, 0.3) is 100.0 Å². The van der Waals surface area contributed by atoms with E-state index in [0.717, 1.165) is 72.3 Å². The number of hydrogen-bond acceptors (Lipinski definition) is 3. The van der Waals surface area contributed by atoms with Crippen molar-refractivity contribution >= 4 is 32.7 Å². The first-order valence-corrected chi connectivity index (χ1v) is 22.6. The van der Waals surface area contributed by atoms with Gasteiger partial charge in [-0.15, -0.1) is 0 Å². The molecular weight excluding hydrogens is 801 g/mol. The van der Waals surface area contributed by atoms with E-state index in [9.17, 15) is 0 Å². The maximum Gasteiger partial charge on any atom is 0.160 e. The predicted molar refractivity (Wildman–Crippen MR) is 271 cm³/mol. The van der Waals surface area contributed by atoms with Gasteiger partial charge in [-0.1, -0.05) is 200 Å². The van der Waals surface area contributed by atoms with Gasteiger partial charge in [-0.3, -0.25) is 0 Å². The van der Waals surface area contributed by atoms with E-state index in [1.54, 1.807) is 0 Å². The largest absolute Gasteiger partial charge is 0.456 e. The highest BCUT2D eigenvalue weighted by Gasteiger charge is 2.46. The summed E-state index contributed by atoms with van der Waals surface area (Å²) in [5, 5.41) is 4.61. The Morgan fingerprint density at radius 2 is 0.894 bits per heavy atom. The van der Waals surface area contributed by atoms with E-state index in [-0.39, 0.29) is 0 Å². The Balaban J connectivity index is 1.07. The summed E-state index contributed by atoms with van der Waals surface area (Å²) < 4.78 is 6.44. The Morgan fingerprint density at radius 1 is 0.318 bits per heavy atom. The standard InChI is InChI=1S/C63H40N2O/c1-4-19-42(20-5-1)62-64-57(40-58(65-62)54-30-17-32-56-61(54)53-28-12-14-31-55(53)63(56,47-22-6-2-7-23-47)48-24-8-3-9-25-48)46-37-44(36-45(38-46)50-29-16-21-41-18-10-11-26-49(41)50)43-34-35-52-51-27-13-15-33-59(51)66-60(52)39-43/h1-40H. The van der Waals surface area contributed by atoms with Crippen LogP contribution in [-0.2, 0) is 5.41 Å². The number of benzene rings is 10. The highest BCUT2D eigenvalue weighted by Crippen LogP contribution is 2.58. The summed E-state index contributed by atoms with van der Waals surface area (Å²) in [6, 6.07) is 87.1. The molecule has 0 bridgehead atoms. The van der Waals surface area contributed by atoms with Crippen LogP contribution >= 0.6 is 0 Å². The highest BCUT2D eigenvalue weighted by molar-refractivity contribution is 6.06. The van der Waals surface area contributed by atoms with Crippen molar-refractivity contribution in [3.63, 3.8) is 0 Å². The van der Waals surface area contributed by atoms with Gasteiger partial charge in [0.2, 0.25) is 0 Å². The molecule has 0 saturated carbocycles. The van der Waals surface area contributed by atoms with Gasteiger partial charge in [0, 0.05) is 27.5 Å². The zero-order valence-corrected chi connectivity index (χ0v) is 35.9. The van der Waals surface area contributed by atoms with Gasteiger partial charge in [0.25, 0.3) is 0 Å². The van der Waals surface area contributed by atoms with Crippen LogP contribution in [0.5, 0.6) is 0 Å². The smallest absolute Gasteiger partial charge is 0.160 e. The molecule has 0 atom stereocenters. The van der Waals surface area contributed by atoms with Gasteiger partial charge in [0.05, 0.1) is 16.8 Å². The van der Waals surface area contributed by atoms with Crippen LogP contribution in [0, 0.1) is 0 Å². The fourth-order valence-electron chi connectivity index (χ4n) is 10.6. The third kappa shape index (κ3) is 5.98. The molecule has 3 heteroatoms. The Labute approximate surface area is 383 Å². The molecule has 0 unspecified atom stereocenters. The molecule has 13 rings (SSSR count). The summed E-state index contributed by atoms with van der Waals surface area (Å²) in [6.45, 7) is 0. The molecule has 12 aromatic rings. The monoisotopic (exact) mass is 840 g/mol. The number of aromatic nitrogens is 2. The average Bonchev–Trinajstić information content (AvgIpc) is 3.92. The fraction of sp³-hybridized carbons (Fsp3) is 0.0159. The van der Waals surface area contributed by atoms with Crippen molar-refractivity contribution in [1.82, 2.24) is 9.97 Å². The Bertz CT molecular complexity index is 3770. The van der Waals surface area contributed by atoms with Crippen LogP contribution in [0.4, 0.5) is 0 Å². The van der Waals surface area contributed by atoms with Gasteiger partial charge < -0.3 is 4.42 Å². The molecule has 0 aliphatic heterocycles. The summed E-state index contributed by atoms with van der Waals surface area (Å²) in [7, 11) is 0. The predicted octanol–water partition coefficient (Wildman–Crippen LogP) is 16.2. The number of hydrogen-bond donors (Lipinski definition) is 0. The lowest BCUT2D eigenvalue weighted by Gasteiger charge is -2.33. The van der Waals surface area contributed by atoms with Crippen molar-refractivity contribution in [3.05, 3.63) is 265 Å². The maximum absolute atomic E-state index is 6.44. The quantitative estimate of drug-likeness (QED) is 0.160. The minimum Gasteiger partial charge on any atom is -0.456 e. The van der Waals surface area contributed by atoms with E-state index in [4.69, 9.17) is 14.4 Å². The number of para-hydroxylation sites is 1. The van der Waals surface area contributed by atoms with Gasteiger partial charge in [0.15, 0.2) is 5.82 Å². The van der Waals surface area contributed by atoms with Crippen LogP contribution in [0.3, 0.4) is 0 Å². The third-order valence-electron chi connectivity index (χ3n) is 13.6. The number of furan rings is 1. The second-order valence-corrected chi connectivity index (χ2v) is 17.2. The normalized spacial score (nSPS) is 12.7. The van der Waals surface area contributed by atoms with Crippen LogP contribution in [0.15, 0.2) is 247 Å². The molecule has 0 fully saturated rings. The molecule has 2 aromatic heterocycles. The molecule has 0 N–H and O–H groups in total. The Morgan fingerprint density at radius 3 is 1.71 bits per heavy atom. The summed E-state index contributed by atoms with van der Waals surface area (Å²) in [6.07, 6.45) is 0. The topological polar surface area (TPSA) is 38.9 Å². The first-order chi connectivity index (χ1) is 32.7. The Kier molecular flexibility index (Phi) is 8.75. The SMILES string of the molecule is c1ccc(-c2nc(-c3cc(-c4ccc5c(c4)oc4ccccc45)cc(-c4cccc5ccccc45)c3)cc(-c3cccc4c3-c3ccccc3C4(c3ccccc3)c3ccccc3)n2)cc1. The van der Waals surface area contributed by atoms with Crippen LogP contribution in [0.1, 0.15) is 22.3 Å². The molecule has 2 heterocycles. The molecule has 308 valence electrons. The zero-order valence-electron chi connectivity index (χ0n) is 35.9. The van der Waals surface area contributed by atoms with Crippen molar-refractivity contribution < 1.29 is 4.42 Å². The van der Waals surface area contributed by atoms with Crippen LogP contribution in [0.2, 0.25) is 0 Å². The number of nitrogens with zero attached hydrogens (tertiary/aromatic N) is 2. The van der Waals surface area contributed by atoms with Gasteiger partial charge in [-0.05, 0) is 109 Å². The van der Waals surface area contributed by atoms with E-state index < -0.39 is 5.41 Å². The van der Waals surface area contributed by atoms with Crippen molar-refractivity contribution in [2.45, 2.75) is 5.41 Å². The maximum atomic E-state index is 6.44. The molecule has 66 heavy (non-hydrogen) atoms. The van der Waals surface area contributed by atoms with Gasteiger partial charge in [-0.25, -0.2) is 9.97 Å².